The van der Waals surface area contributed by atoms with E-state index < -0.39 is 16.6 Å². The van der Waals surface area contributed by atoms with Gasteiger partial charge in [-0.05, 0) is 51.4 Å². The monoisotopic (exact) mass is 296 g/mol. The third-order valence-corrected chi connectivity index (χ3v) is 3.48. The second-order valence-corrected chi connectivity index (χ2v) is 15.2. The molecule has 0 fully saturated rings. The molecule has 0 aliphatic rings. The number of hydrogen-bond acceptors (Lipinski definition) is 3. The Balaban J connectivity index is 2.78. The highest BCUT2D eigenvalue weighted by molar-refractivity contribution is 6.71. The molecule has 0 heterocycles. The summed E-state index contributed by atoms with van der Waals surface area (Å²) >= 11 is 0. The topological polar surface area (TPSA) is 27.7 Å². The van der Waals surface area contributed by atoms with E-state index in [0.29, 0.717) is 5.95 Å². The molecule has 0 unspecified atom stereocenters. The van der Waals surface area contributed by atoms with Crippen LogP contribution in [0.4, 0.5) is 0 Å². The van der Waals surface area contributed by atoms with Gasteiger partial charge >= 0.3 is 0 Å². The molecule has 0 radical (unpaired) electrons. The van der Waals surface area contributed by atoms with Gasteiger partial charge in [-0.25, -0.2) is 0 Å². The van der Waals surface area contributed by atoms with Gasteiger partial charge in [-0.15, -0.1) is 0 Å². The third kappa shape index (κ3) is 7.74. The van der Waals surface area contributed by atoms with Crippen LogP contribution in [-0.4, -0.2) is 16.6 Å². The van der Waals surface area contributed by atoms with Crippen LogP contribution in [0.3, 0.4) is 0 Å². The molecular weight excluding hydrogens is 272 g/mol. The van der Waals surface area contributed by atoms with E-state index in [1.54, 1.807) is 6.26 Å². The van der Waals surface area contributed by atoms with Crippen molar-refractivity contribution in [3.8, 4) is 5.75 Å². The molecule has 3 nitrogen and oxygen atoms in total. The van der Waals surface area contributed by atoms with Gasteiger partial charge in [0.1, 0.15) is 5.75 Å². The van der Waals surface area contributed by atoms with E-state index in [1.807, 2.05) is 30.3 Å². The molecule has 0 N–H and O–H groups in total. The quantitative estimate of drug-likeness (QED) is 0.568. The maximum absolute atomic E-state index is 5.92. The van der Waals surface area contributed by atoms with Crippen LogP contribution in [0.5, 0.6) is 5.75 Å². The lowest BCUT2D eigenvalue weighted by Crippen LogP contribution is -2.31. The molecule has 5 heteroatoms. The highest BCUT2D eigenvalue weighted by atomic mass is 28.4. The van der Waals surface area contributed by atoms with Crippen LogP contribution >= 0.6 is 0 Å². The van der Waals surface area contributed by atoms with Gasteiger partial charge in [-0.2, -0.15) is 0 Å². The van der Waals surface area contributed by atoms with E-state index in [2.05, 4.69) is 39.3 Å². The molecule has 0 aliphatic carbocycles. The van der Waals surface area contributed by atoms with E-state index in [1.165, 1.54) is 0 Å². The molecule has 1 aromatic rings. The summed E-state index contributed by atoms with van der Waals surface area (Å²) in [5.41, 5.74) is 0. The smallest absolute Gasteiger partial charge is 0.288 e. The van der Waals surface area contributed by atoms with Crippen molar-refractivity contribution in [3.05, 3.63) is 42.5 Å². The number of benzene rings is 1. The second-order valence-electron chi connectivity index (χ2n) is 6.30. The molecule has 0 saturated carbocycles. The lowest BCUT2D eigenvalue weighted by molar-refractivity contribution is 0.199. The van der Waals surface area contributed by atoms with Crippen molar-refractivity contribution in [3.63, 3.8) is 0 Å². The minimum absolute atomic E-state index is 0.502. The van der Waals surface area contributed by atoms with Gasteiger partial charge in [-0.3, -0.25) is 0 Å². The summed E-state index contributed by atoms with van der Waals surface area (Å²) in [5, 5.41) is 0. The molecular formula is C14H24O3Si2. The van der Waals surface area contributed by atoms with Crippen LogP contribution in [0.2, 0.25) is 39.3 Å². The van der Waals surface area contributed by atoms with E-state index in [0.717, 1.165) is 5.75 Å². The third-order valence-electron chi connectivity index (χ3n) is 1.85. The van der Waals surface area contributed by atoms with Gasteiger partial charge in [0.05, 0.1) is 0 Å². The van der Waals surface area contributed by atoms with Gasteiger partial charge in [0, 0.05) is 0 Å². The summed E-state index contributed by atoms with van der Waals surface area (Å²) in [4.78, 5) is 0. The predicted octanol–water partition coefficient (Wildman–Crippen LogP) is 4.57. The Bertz CT molecular complexity index is 399. The first kappa shape index (κ1) is 15.8. The van der Waals surface area contributed by atoms with Gasteiger partial charge < -0.3 is 13.6 Å². The van der Waals surface area contributed by atoms with Crippen LogP contribution in [0.1, 0.15) is 0 Å². The standard InChI is InChI=1S/C14H24O3Si2/c1-18(2,3)16-14(17-19(4,5)6)12-15-13-10-8-7-9-11-13/h7-12H,1-6H3. The zero-order chi connectivity index (χ0) is 14.5. The van der Waals surface area contributed by atoms with E-state index in [-0.39, 0.29) is 0 Å². The maximum atomic E-state index is 5.92. The summed E-state index contributed by atoms with van der Waals surface area (Å²) in [6, 6.07) is 9.62. The Morgan fingerprint density at radius 3 is 1.74 bits per heavy atom. The van der Waals surface area contributed by atoms with Crippen LogP contribution in [-0.2, 0) is 8.85 Å². The molecule has 0 bridgehead atoms. The Hall–Kier alpha value is -1.21. The minimum Gasteiger partial charge on any atom is -0.518 e. The second kappa shape index (κ2) is 6.30. The number of rotatable bonds is 6. The molecule has 19 heavy (non-hydrogen) atoms. The maximum Gasteiger partial charge on any atom is 0.288 e. The van der Waals surface area contributed by atoms with Gasteiger partial charge in [0.15, 0.2) is 6.26 Å². The summed E-state index contributed by atoms with van der Waals surface area (Å²) in [6.07, 6.45) is 1.58. The molecule has 0 saturated heterocycles. The average molecular weight is 297 g/mol. The van der Waals surface area contributed by atoms with Crippen molar-refractivity contribution in [2.24, 2.45) is 0 Å². The molecule has 1 aromatic carbocycles. The fourth-order valence-electron chi connectivity index (χ4n) is 1.29. The summed E-state index contributed by atoms with van der Waals surface area (Å²) in [6.45, 7) is 12.7. The Kier molecular flexibility index (Phi) is 5.25. The minimum atomic E-state index is -1.71. The summed E-state index contributed by atoms with van der Waals surface area (Å²) < 4.78 is 17.4. The van der Waals surface area contributed by atoms with E-state index >= 15 is 0 Å². The first-order valence-electron chi connectivity index (χ1n) is 6.46. The Labute approximate surface area is 118 Å². The first-order chi connectivity index (χ1) is 8.66. The van der Waals surface area contributed by atoms with Crippen molar-refractivity contribution >= 4 is 16.6 Å². The van der Waals surface area contributed by atoms with E-state index in [9.17, 15) is 0 Å². The van der Waals surface area contributed by atoms with Crippen LogP contribution in [0.25, 0.3) is 0 Å². The van der Waals surface area contributed by atoms with Gasteiger partial charge in [-0.1, -0.05) is 18.2 Å². The van der Waals surface area contributed by atoms with Crippen LogP contribution in [0.15, 0.2) is 42.5 Å². The molecule has 0 aromatic heterocycles. The normalized spacial score (nSPS) is 11.7. The van der Waals surface area contributed by atoms with Crippen LogP contribution < -0.4 is 4.74 Å². The van der Waals surface area contributed by atoms with E-state index in [4.69, 9.17) is 13.6 Å². The van der Waals surface area contributed by atoms with Crippen molar-refractivity contribution in [1.82, 2.24) is 0 Å². The average Bonchev–Trinajstić information content (AvgIpc) is 2.23. The zero-order valence-corrected chi connectivity index (χ0v) is 14.7. The van der Waals surface area contributed by atoms with Crippen molar-refractivity contribution in [1.29, 1.82) is 0 Å². The number of para-hydroxylation sites is 1. The molecule has 0 spiro atoms. The fourth-order valence-corrected chi connectivity index (χ4v) is 2.76. The summed E-state index contributed by atoms with van der Waals surface area (Å²) in [7, 11) is -3.42. The largest absolute Gasteiger partial charge is 0.518 e. The summed E-state index contributed by atoms with van der Waals surface area (Å²) in [5.74, 6) is 1.28. The molecule has 0 aliphatic heterocycles. The Morgan fingerprint density at radius 1 is 0.842 bits per heavy atom. The zero-order valence-electron chi connectivity index (χ0n) is 12.7. The predicted molar refractivity (Wildman–Crippen MR) is 84.0 cm³/mol. The first-order valence-corrected chi connectivity index (χ1v) is 13.3. The van der Waals surface area contributed by atoms with Crippen molar-refractivity contribution in [2.75, 3.05) is 0 Å². The van der Waals surface area contributed by atoms with Crippen molar-refractivity contribution in [2.45, 2.75) is 39.3 Å². The highest BCUT2D eigenvalue weighted by Crippen LogP contribution is 2.18. The molecule has 0 amide bonds. The van der Waals surface area contributed by atoms with Crippen LogP contribution in [0, 0.1) is 0 Å². The molecule has 106 valence electrons. The van der Waals surface area contributed by atoms with Crippen molar-refractivity contribution < 1.29 is 13.6 Å². The highest BCUT2D eigenvalue weighted by Gasteiger charge is 2.24. The lowest BCUT2D eigenvalue weighted by atomic mass is 10.3. The molecule has 0 atom stereocenters. The lowest BCUT2D eigenvalue weighted by Gasteiger charge is -2.26. The SMILES string of the molecule is C[Si](C)(C)OC(=COc1ccccc1)O[Si](C)(C)C. The molecule has 1 rings (SSSR count). The van der Waals surface area contributed by atoms with Gasteiger partial charge in [0.2, 0.25) is 16.6 Å². The van der Waals surface area contributed by atoms with Gasteiger partial charge in [0.25, 0.3) is 5.95 Å². The number of hydrogen-bond donors (Lipinski definition) is 0. The fraction of sp³-hybridized carbons (Fsp3) is 0.429. The Morgan fingerprint density at radius 2 is 1.32 bits per heavy atom. The number of ether oxygens (including phenoxy) is 1.